The number of nitrogen functional groups attached to an aromatic ring is 1. The molecule has 1 aliphatic carbocycles. The van der Waals surface area contributed by atoms with E-state index in [1.165, 1.54) is 6.42 Å². The third kappa shape index (κ3) is 4.19. The van der Waals surface area contributed by atoms with Gasteiger partial charge in [-0.1, -0.05) is 27.2 Å². The van der Waals surface area contributed by atoms with Crippen molar-refractivity contribution in [1.82, 2.24) is 10.3 Å². The van der Waals surface area contributed by atoms with Gasteiger partial charge in [-0.2, -0.15) is 0 Å². The van der Waals surface area contributed by atoms with E-state index in [9.17, 15) is 4.79 Å². The van der Waals surface area contributed by atoms with Crippen LogP contribution in [0.25, 0.3) is 0 Å². The zero-order valence-corrected chi connectivity index (χ0v) is 13.4. The minimum Gasteiger partial charge on any atom is -0.384 e. The van der Waals surface area contributed by atoms with Gasteiger partial charge in [-0.15, -0.1) is 0 Å². The Balaban J connectivity index is 2.03. The van der Waals surface area contributed by atoms with Crippen molar-refractivity contribution in [2.75, 3.05) is 5.73 Å². The topological polar surface area (TPSA) is 68.0 Å². The number of pyridine rings is 1. The van der Waals surface area contributed by atoms with Crippen LogP contribution in [-0.4, -0.2) is 16.9 Å². The first kappa shape index (κ1) is 15.8. The van der Waals surface area contributed by atoms with Crippen LogP contribution in [0.1, 0.15) is 62.5 Å². The number of carbonyl (C=O) groups is 1. The first-order valence-corrected chi connectivity index (χ1v) is 8.07. The van der Waals surface area contributed by atoms with Crippen LogP contribution in [0.5, 0.6) is 0 Å². The van der Waals surface area contributed by atoms with Gasteiger partial charge in [0.25, 0.3) is 5.91 Å². The van der Waals surface area contributed by atoms with Crippen molar-refractivity contribution in [1.29, 1.82) is 0 Å². The van der Waals surface area contributed by atoms with E-state index in [0.717, 1.165) is 37.3 Å². The standard InChI is InChI=1S/C17H27N3O/c1-4-5-14-9-13(10-16(18)19-14)17(21)20-15-7-6-11(2)12(3)8-15/h9-12,15H,4-8H2,1-3H3,(H2,18,19)(H,20,21). The normalized spacial score (nSPS) is 25.6. The maximum absolute atomic E-state index is 12.4. The second kappa shape index (κ2) is 6.92. The van der Waals surface area contributed by atoms with Crippen LogP contribution in [0.3, 0.4) is 0 Å². The highest BCUT2D eigenvalue weighted by molar-refractivity contribution is 5.95. The van der Waals surface area contributed by atoms with E-state index in [1.807, 2.05) is 6.07 Å². The van der Waals surface area contributed by atoms with Crippen LogP contribution in [0, 0.1) is 11.8 Å². The molecule has 3 unspecified atom stereocenters. The van der Waals surface area contributed by atoms with E-state index >= 15 is 0 Å². The predicted molar refractivity (Wildman–Crippen MR) is 86.1 cm³/mol. The summed E-state index contributed by atoms with van der Waals surface area (Å²) < 4.78 is 0. The molecule has 1 amide bonds. The molecule has 0 bridgehead atoms. The number of nitrogens with zero attached hydrogens (tertiary/aromatic N) is 1. The first-order valence-electron chi connectivity index (χ1n) is 8.07. The van der Waals surface area contributed by atoms with Gasteiger partial charge in [0, 0.05) is 17.3 Å². The summed E-state index contributed by atoms with van der Waals surface area (Å²) in [5.74, 6) is 1.83. The summed E-state index contributed by atoms with van der Waals surface area (Å²) in [7, 11) is 0. The van der Waals surface area contributed by atoms with Gasteiger partial charge in [0.15, 0.2) is 0 Å². The quantitative estimate of drug-likeness (QED) is 0.894. The highest BCUT2D eigenvalue weighted by Gasteiger charge is 2.25. The number of hydrogen-bond donors (Lipinski definition) is 2. The fourth-order valence-electron chi connectivity index (χ4n) is 3.07. The molecule has 116 valence electrons. The first-order chi connectivity index (χ1) is 9.99. The van der Waals surface area contributed by atoms with Crippen molar-refractivity contribution in [2.45, 2.75) is 58.9 Å². The molecule has 1 aromatic heterocycles. The number of nitrogens with two attached hydrogens (primary N) is 1. The maximum atomic E-state index is 12.4. The number of carbonyl (C=O) groups excluding carboxylic acids is 1. The van der Waals surface area contributed by atoms with Gasteiger partial charge in [-0.05, 0) is 49.7 Å². The molecule has 0 aromatic carbocycles. The lowest BCUT2D eigenvalue weighted by molar-refractivity contribution is 0.0910. The van der Waals surface area contributed by atoms with E-state index in [2.05, 4.69) is 31.1 Å². The molecule has 1 heterocycles. The predicted octanol–water partition coefficient (Wildman–Crippen LogP) is 3.17. The van der Waals surface area contributed by atoms with Crippen LogP contribution in [-0.2, 0) is 6.42 Å². The Morgan fingerprint density at radius 1 is 1.33 bits per heavy atom. The average Bonchev–Trinajstić information content (AvgIpc) is 2.42. The third-order valence-electron chi connectivity index (χ3n) is 4.60. The fraction of sp³-hybridized carbons (Fsp3) is 0.647. The van der Waals surface area contributed by atoms with E-state index in [-0.39, 0.29) is 11.9 Å². The van der Waals surface area contributed by atoms with Crippen molar-refractivity contribution in [3.63, 3.8) is 0 Å². The molecule has 1 aliphatic rings. The number of aromatic nitrogens is 1. The van der Waals surface area contributed by atoms with Crippen molar-refractivity contribution in [2.24, 2.45) is 11.8 Å². The van der Waals surface area contributed by atoms with Crippen LogP contribution < -0.4 is 11.1 Å². The molecule has 21 heavy (non-hydrogen) atoms. The Labute approximate surface area is 127 Å². The van der Waals surface area contributed by atoms with Crippen molar-refractivity contribution >= 4 is 11.7 Å². The monoisotopic (exact) mass is 289 g/mol. The molecular weight excluding hydrogens is 262 g/mol. The summed E-state index contributed by atoms with van der Waals surface area (Å²) in [4.78, 5) is 16.7. The molecule has 1 fully saturated rings. The summed E-state index contributed by atoms with van der Waals surface area (Å²) in [5.41, 5.74) is 7.34. The highest BCUT2D eigenvalue weighted by Crippen LogP contribution is 2.29. The molecule has 3 N–H and O–H groups in total. The van der Waals surface area contributed by atoms with Gasteiger partial charge >= 0.3 is 0 Å². The Bertz CT molecular complexity index is 501. The molecule has 0 radical (unpaired) electrons. The second-order valence-corrected chi connectivity index (χ2v) is 6.46. The number of rotatable bonds is 4. The molecular formula is C17H27N3O. The lowest BCUT2D eigenvalue weighted by atomic mass is 9.79. The molecule has 2 rings (SSSR count). The fourth-order valence-corrected chi connectivity index (χ4v) is 3.07. The summed E-state index contributed by atoms with van der Waals surface area (Å²) in [5, 5.41) is 3.16. The molecule has 0 aliphatic heterocycles. The van der Waals surface area contributed by atoms with Gasteiger partial charge in [0.2, 0.25) is 0 Å². The largest absolute Gasteiger partial charge is 0.384 e. The van der Waals surface area contributed by atoms with Crippen LogP contribution in [0.4, 0.5) is 5.82 Å². The van der Waals surface area contributed by atoms with Gasteiger partial charge in [0.05, 0.1) is 0 Å². The van der Waals surface area contributed by atoms with Gasteiger partial charge in [-0.3, -0.25) is 4.79 Å². The zero-order valence-electron chi connectivity index (χ0n) is 13.4. The second-order valence-electron chi connectivity index (χ2n) is 6.46. The lowest BCUT2D eigenvalue weighted by Crippen LogP contribution is -2.39. The Hall–Kier alpha value is -1.58. The highest BCUT2D eigenvalue weighted by atomic mass is 16.1. The van der Waals surface area contributed by atoms with E-state index in [4.69, 9.17) is 5.73 Å². The third-order valence-corrected chi connectivity index (χ3v) is 4.60. The van der Waals surface area contributed by atoms with E-state index in [0.29, 0.717) is 17.3 Å². The Morgan fingerprint density at radius 3 is 2.76 bits per heavy atom. The van der Waals surface area contributed by atoms with Crippen LogP contribution in [0.15, 0.2) is 12.1 Å². The summed E-state index contributed by atoms with van der Waals surface area (Å²) in [6.07, 6.45) is 5.17. The van der Waals surface area contributed by atoms with Gasteiger partial charge in [0.1, 0.15) is 5.82 Å². The SMILES string of the molecule is CCCc1cc(C(=O)NC2CCC(C)C(C)C2)cc(N)n1. The van der Waals surface area contributed by atoms with E-state index in [1.54, 1.807) is 6.07 Å². The summed E-state index contributed by atoms with van der Waals surface area (Å²) in [6.45, 7) is 6.66. The average molecular weight is 289 g/mol. The maximum Gasteiger partial charge on any atom is 0.251 e. The van der Waals surface area contributed by atoms with Crippen molar-refractivity contribution < 1.29 is 4.79 Å². The summed E-state index contributed by atoms with van der Waals surface area (Å²) in [6, 6.07) is 3.82. The number of aryl methyl sites for hydroxylation is 1. The number of amides is 1. The molecule has 1 aromatic rings. The lowest BCUT2D eigenvalue weighted by Gasteiger charge is -2.32. The Kier molecular flexibility index (Phi) is 5.21. The van der Waals surface area contributed by atoms with Gasteiger partial charge in [-0.25, -0.2) is 4.98 Å². The number of nitrogens with one attached hydrogen (secondary N) is 1. The molecule has 4 nitrogen and oxygen atoms in total. The summed E-state index contributed by atoms with van der Waals surface area (Å²) >= 11 is 0. The molecule has 0 saturated heterocycles. The number of hydrogen-bond acceptors (Lipinski definition) is 3. The van der Waals surface area contributed by atoms with E-state index < -0.39 is 0 Å². The smallest absolute Gasteiger partial charge is 0.251 e. The Morgan fingerprint density at radius 2 is 2.10 bits per heavy atom. The van der Waals surface area contributed by atoms with Crippen molar-refractivity contribution in [3.8, 4) is 0 Å². The van der Waals surface area contributed by atoms with Crippen LogP contribution in [0.2, 0.25) is 0 Å². The molecule has 1 saturated carbocycles. The molecule has 4 heteroatoms. The number of anilines is 1. The molecule has 0 spiro atoms. The zero-order chi connectivity index (χ0) is 15.4. The van der Waals surface area contributed by atoms with Crippen molar-refractivity contribution in [3.05, 3.63) is 23.4 Å². The minimum atomic E-state index is -0.0202. The van der Waals surface area contributed by atoms with Gasteiger partial charge < -0.3 is 11.1 Å². The minimum absolute atomic E-state index is 0.0202. The van der Waals surface area contributed by atoms with Crippen LogP contribution >= 0.6 is 0 Å². The molecule has 3 atom stereocenters.